The SMILES string of the molecule is CCn1c2ccc(/C=C/c3ccc(S(=O)(=O)c4ccc(N)cc4)cc3)cc2c2cc(/C=C/c3ccc(S(=O)(=O)c4ccc(N)cc4)cc3)ccc21. The van der Waals surface area contributed by atoms with Crippen molar-refractivity contribution in [2.75, 3.05) is 11.5 Å². The Hall–Kier alpha value is -5.90. The maximum atomic E-state index is 13.0. The normalized spacial score (nSPS) is 12.4. The lowest BCUT2D eigenvalue weighted by Crippen LogP contribution is -2.02. The molecule has 0 bridgehead atoms. The molecule has 0 unspecified atom stereocenters. The van der Waals surface area contributed by atoms with Gasteiger partial charge in [0.15, 0.2) is 0 Å². The first-order chi connectivity index (χ1) is 24.5. The second kappa shape index (κ2) is 13.4. The summed E-state index contributed by atoms with van der Waals surface area (Å²) < 4.78 is 54.5. The van der Waals surface area contributed by atoms with E-state index in [2.05, 4.69) is 47.9 Å². The van der Waals surface area contributed by atoms with Crippen LogP contribution in [-0.2, 0) is 26.2 Å². The third kappa shape index (κ3) is 6.69. The topological polar surface area (TPSA) is 125 Å². The van der Waals surface area contributed by atoms with E-state index >= 15 is 0 Å². The Labute approximate surface area is 297 Å². The molecular weight excluding hydrogens is 675 g/mol. The summed E-state index contributed by atoms with van der Waals surface area (Å²) in [4.78, 5) is 0.858. The van der Waals surface area contributed by atoms with Crippen molar-refractivity contribution in [3.8, 4) is 0 Å². The summed E-state index contributed by atoms with van der Waals surface area (Å²) in [6.07, 6.45) is 8.00. The van der Waals surface area contributed by atoms with Crippen LogP contribution in [0.2, 0.25) is 0 Å². The Kier molecular flexibility index (Phi) is 8.85. The molecule has 51 heavy (non-hydrogen) atoms. The molecule has 0 radical (unpaired) electrons. The van der Waals surface area contributed by atoms with Gasteiger partial charge in [-0.25, -0.2) is 16.8 Å². The van der Waals surface area contributed by atoms with Gasteiger partial charge >= 0.3 is 0 Å². The van der Waals surface area contributed by atoms with Gasteiger partial charge in [0, 0.05) is 39.7 Å². The fourth-order valence-electron chi connectivity index (χ4n) is 6.15. The smallest absolute Gasteiger partial charge is 0.206 e. The van der Waals surface area contributed by atoms with Crippen LogP contribution in [-0.4, -0.2) is 21.4 Å². The van der Waals surface area contributed by atoms with Gasteiger partial charge in [-0.2, -0.15) is 0 Å². The summed E-state index contributed by atoms with van der Waals surface area (Å²) in [5.74, 6) is 0. The predicted octanol–water partition coefficient (Wildman–Crippen LogP) is 8.99. The number of nitrogen functional groups attached to an aromatic ring is 2. The molecule has 4 N–H and O–H groups in total. The van der Waals surface area contributed by atoms with E-state index in [9.17, 15) is 16.8 Å². The highest BCUT2D eigenvalue weighted by Crippen LogP contribution is 2.32. The van der Waals surface area contributed by atoms with E-state index in [0.29, 0.717) is 11.4 Å². The lowest BCUT2D eigenvalue weighted by Gasteiger charge is -2.05. The van der Waals surface area contributed by atoms with Crippen molar-refractivity contribution in [3.05, 3.63) is 156 Å². The first kappa shape index (κ1) is 33.6. The van der Waals surface area contributed by atoms with Gasteiger partial charge in [0.05, 0.1) is 19.6 Å². The van der Waals surface area contributed by atoms with Crippen LogP contribution in [0, 0.1) is 0 Å². The second-order valence-corrected chi connectivity index (χ2v) is 16.1. The second-order valence-electron chi connectivity index (χ2n) is 12.2. The third-order valence-electron chi connectivity index (χ3n) is 8.93. The Morgan fingerprint density at radius 2 is 0.745 bits per heavy atom. The van der Waals surface area contributed by atoms with Crippen molar-refractivity contribution >= 4 is 77.2 Å². The van der Waals surface area contributed by atoms with Gasteiger partial charge in [0.1, 0.15) is 0 Å². The van der Waals surface area contributed by atoms with E-state index in [4.69, 9.17) is 11.5 Å². The maximum absolute atomic E-state index is 13.0. The van der Waals surface area contributed by atoms with E-state index in [1.807, 2.05) is 24.3 Å². The molecule has 7 rings (SSSR count). The fourth-order valence-corrected chi connectivity index (χ4v) is 8.68. The number of hydrogen-bond donors (Lipinski definition) is 2. The highest BCUT2D eigenvalue weighted by atomic mass is 32.2. The van der Waals surface area contributed by atoms with Crippen LogP contribution in [0.15, 0.2) is 153 Å². The first-order valence-electron chi connectivity index (χ1n) is 16.4. The van der Waals surface area contributed by atoms with Gasteiger partial charge < -0.3 is 16.0 Å². The summed E-state index contributed by atoms with van der Waals surface area (Å²) in [7, 11) is -7.28. The fraction of sp³-hybridized carbons (Fsp3) is 0.0476. The van der Waals surface area contributed by atoms with Gasteiger partial charge in [-0.1, -0.05) is 60.7 Å². The van der Waals surface area contributed by atoms with Crippen LogP contribution < -0.4 is 11.5 Å². The quantitative estimate of drug-likeness (QED) is 0.114. The van der Waals surface area contributed by atoms with E-state index in [-0.39, 0.29) is 19.6 Å². The van der Waals surface area contributed by atoms with E-state index in [1.165, 1.54) is 24.3 Å². The summed E-state index contributed by atoms with van der Waals surface area (Å²) in [6, 6.07) is 38.9. The van der Waals surface area contributed by atoms with E-state index < -0.39 is 19.7 Å². The molecule has 0 fully saturated rings. The molecule has 0 aliphatic heterocycles. The highest BCUT2D eigenvalue weighted by Gasteiger charge is 2.18. The molecule has 6 aromatic carbocycles. The number of nitrogens with zero attached hydrogens (tertiary/aromatic N) is 1. The molecule has 7 nitrogen and oxygen atoms in total. The van der Waals surface area contributed by atoms with Crippen molar-refractivity contribution in [1.29, 1.82) is 0 Å². The number of aromatic nitrogens is 1. The van der Waals surface area contributed by atoms with E-state index in [0.717, 1.165) is 50.6 Å². The van der Waals surface area contributed by atoms with Gasteiger partial charge in [0.25, 0.3) is 0 Å². The van der Waals surface area contributed by atoms with Crippen molar-refractivity contribution in [2.24, 2.45) is 0 Å². The van der Waals surface area contributed by atoms with Gasteiger partial charge in [0.2, 0.25) is 19.7 Å². The Morgan fingerprint density at radius 3 is 1.08 bits per heavy atom. The van der Waals surface area contributed by atoms with Crippen molar-refractivity contribution < 1.29 is 16.8 Å². The number of sulfone groups is 2. The molecule has 0 amide bonds. The lowest BCUT2D eigenvalue weighted by molar-refractivity contribution is 0.594. The van der Waals surface area contributed by atoms with Gasteiger partial charge in [-0.05, 0) is 126 Å². The number of anilines is 2. The summed E-state index contributed by atoms with van der Waals surface area (Å²) >= 11 is 0. The number of fused-ring (bicyclic) bond motifs is 3. The monoisotopic (exact) mass is 709 g/mol. The number of nitrogens with two attached hydrogens (primary N) is 2. The molecule has 0 atom stereocenters. The number of benzene rings is 6. The molecule has 1 aromatic heterocycles. The Balaban J connectivity index is 1.13. The molecule has 0 aliphatic carbocycles. The average molecular weight is 710 g/mol. The molecule has 0 spiro atoms. The zero-order valence-electron chi connectivity index (χ0n) is 27.8. The molecule has 7 aromatic rings. The summed E-state index contributed by atoms with van der Waals surface area (Å²) in [6.45, 7) is 2.95. The number of hydrogen-bond acceptors (Lipinski definition) is 6. The van der Waals surface area contributed by atoms with Crippen molar-refractivity contribution in [1.82, 2.24) is 4.57 Å². The minimum Gasteiger partial charge on any atom is -0.399 e. The Morgan fingerprint density at radius 1 is 0.451 bits per heavy atom. The first-order valence-corrected chi connectivity index (χ1v) is 19.3. The standard InChI is InChI=1S/C42H35N3O4S2/c1-2-45-41-25-11-31(5-3-29-7-17-35(18-8-29)50(46,47)37-21-13-33(43)14-22-37)27-39(41)40-28-32(12-26-42(40)45)6-4-30-9-19-36(20-10-30)51(48,49)38-23-15-34(44)16-24-38/h3-28H,2,43-44H2,1H3/b5-3+,6-4+. The highest BCUT2D eigenvalue weighted by molar-refractivity contribution is 7.91. The van der Waals surface area contributed by atoms with Crippen LogP contribution in [0.25, 0.3) is 46.1 Å². The predicted molar refractivity (Wildman–Crippen MR) is 208 cm³/mol. The van der Waals surface area contributed by atoms with E-state index in [1.54, 1.807) is 72.8 Å². The minimum atomic E-state index is -3.64. The zero-order valence-corrected chi connectivity index (χ0v) is 29.4. The lowest BCUT2D eigenvalue weighted by atomic mass is 10.1. The summed E-state index contributed by atoms with van der Waals surface area (Å²) in [5.41, 5.74) is 18.5. The van der Waals surface area contributed by atoms with Crippen LogP contribution in [0.4, 0.5) is 11.4 Å². The molecule has 0 saturated carbocycles. The van der Waals surface area contributed by atoms with Crippen LogP contribution in [0.3, 0.4) is 0 Å². The molecular formula is C42H35N3O4S2. The van der Waals surface area contributed by atoms with Crippen molar-refractivity contribution in [2.45, 2.75) is 33.1 Å². The molecule has 254 valence electrons. The van der Waals surface area contributed by atoms with Crippen LogP contribution in [0.5, 0.6) is 0 Å². The van der Waals surface area contributed by atoms with Crippen molar-refractivity contribution in [3.63, 3.8) is 0 Å². The molecule has 0 aliphatic rings. The summed E-state index contributed by atoms with van der Waals surface area (Å²) in [5, 5.41) is 2.26. The zero-order chi connectivity index (χ0) is 35.8. The van der Waals surface area contributed by atoms with Gasteiger partial charge in [-0.15, -0.1) is 0 Å². The largest absolute Gasteiger partial charge is 0.399 e. The Bertz CT molecular complexity index is 2490. The molecule has 0 saturated heterocycles. The van der Waals surface area contributed by atoms with Crippen LogP contribution in [0.1, 0.15) is 29.2 Å². The number of aryl methyl sites for hydroxylation is 1. The van der Waals surface area contributed by atoms with Gasteiger partial charge in [-0.3, -0.25) is 0 Å². The molecule has 9 heteroatoms. The molecule has 1 heterocycles. The maximum Gasteiger partial charge on any atom is 0.206 e. The third-order valence-corrected chi connectivity index (χ3v) is 12.5. The number of rotatable bonds is 9. The minimum absolute atomic E-state index is 0.204. The average Bonchev–Trinajstić information content (AvgIpc) is 3.46. The van der Waals surface area contributed by atoms with Crippen LogP contribution >= 0.6 is 0 Å².